The zero-order chi connectivity index (χ0) is 20.6. The van der Waals surface area contributed by atoms with Gasteiger partial charge in [-0.2, -0.15) is 0 Å². The summed E-state index contributed by atoms with van der Waals surface area (Å²) in [6.45, 7) is 4.34. The molecule has 0 unspecified atom stereocenters. The number of carbonyl (C=O) groups is 3. The van der Waals surface area contributed by atoms with Crippen molar-refractivity contribution in [3.8, 4) is 0 Å². The van der Waals surface area contributed by atoms with Gasteiger partial charge in [-0.25, -0.2) is 4.98 Å². The maximum Gasteiger partial charge on any atom is 0.289 e. The summed E-state index contributed by atoms with van der Waals surface area (Å²) in [7, 11) is 0. The molecule has 2 aromatic heterocycles. The first-order valence-corrected chi connectivity index (χ1v) is 9.97. The van der Waals surface area contributed by atoms with E-state index in [2.05, 4.69) is 17.2 Å². The van der Waals surface area contributed by atoms with Crippen LogP contribution in [0.1, 0.15) is 57.7 Å². The van der Waals surface area contributed by atoms with E-state index >= 15 is 0 Å². The van der Waals surface area contributed by atoms with Gasteiger partial charge in [0, 0.05) is 32.7 Å². The molecule has 0 saturated carbocycles. The number of pyridine rings is 1. The SMILES string of the molecule is CCCCCNC(=O)c1cccc(C(=O)N2CCN(C(=O)c3ccco3)CC2)n1. The van der Waals surface area contributed by atoms with E-state index in [1.807, 2.05) is 0 Å². The van der Waals surface area contributed by atoms with Crippen molar-refractivity contribution in [2.75, 3.05) is 32.7 Å². The average molecular weight is 398 g/mol. The van der Waals surface area contributed by atoms with Crippen LogP contribution < -0.4 is 5.32 Å². The molecule has 8 heteroatoms. The normalized spacial score (nSPS) is 14.0. The summed E-state index contributed by atoms with van der Waals surface area (Å²) in [5.41, 5.74) is 0.469. The van der Waals surface area contributed by atoms with Crippen LogP contribution in [0.4, 0.5) is 0 Å². The molecule has 29 heavy (non-hydrogen) atoms. The van der Waals surface area contributed by atoms with Gasteiger partial charge in [-0.15, -0.1) is 0 Å². The number of unbranched alkanes of at least 4 members (excludes halogenated alkanes) is 2. The minimum atomic E-state index is -0.274. The van der Waals surface area contributed by atoms with E-state index in [0.717, 1.165) is 19.3 Å². The van der Waals surface area contributed by atoms with Crippen LogP contribution in [0.3, 0.4) is 0 Å². The van der Waals surface area contributed by atoms with Gasteiger partial charge < -0.3 is 19.5 Å². The van der Waals surface area contributed by atoms with Gasteiger partial charge >= 0.3 is 0 Å². The number of nitrogens with zero attached hydrogens (tertiary/aromatic N) is 3. The van der Waals surface area contributed by atoms with Crippen LogP contribution in [0.15, 0.2) is 41.0 Å². The summed E-state index contributed by atoms with van der Waals surface area (Å²) in [5, 5.41) is 2.83. The Morgan fingerprint density at radius 2 is 1.66 bits per heavy atom. The predicted octanol–water partition coefficient (Wildman–Crippen LogP) is 2.19. The minimum Gasteiger partial charge on any atom is -0.459 e. The highest BCUT2D eigenvalue weighted by Crippen LogP contribution is 2.12. The third-order valence-corrected chi connectivity index (χ3v) is 4.85. The number of rotatable bonds is 7. The van der Waals surface area contributed by atoms with Crippen molar-refractivity contribution < 1.29 is 18.8 Å². The smallest absolute Gasteiger partial charge is 0.289 e. The van der Waals surface area contributed by atoms with E-state index in [-0.39, 0.29) is 29.1 Å². The lowest BCUT2D eigenvalue weighted by atomic mass is 10.2. The molecule has 3 rings (SSSR count). The number of furan rings is 1. The minimum absolute atomic E-state index is 0.179. The number of hydrogen-bond donors (Lipinski definition) is 1. The maximum absolute atomic E-state index is 12.8. The van der Waals surface area contributed by atoms with Gasteiger partial charge in [0.05, 0.1) is 6.26 Å². The fourth-order valence-electron chi connectivity index (χ4n) is 3.18. The molecule has 0 atom stereocenters. The van der Waals surface area contributed by atoms with Gasteiger partial charge in [0.25, 0.3) is 17.7 Å². The summed E-state index contributed by atoms with van der Waals surface area (Å²) < 4.78 is 5.15. The van der Waals surface area contributed by atoms with Gasteiger partial charge in [0.15, 0.2) is 5.76 Å². The van der Waals surface area contributed by atoms with Crippen molar-refractivity contribution in [2.45, 2.75) is 26.2 Å². The molecule has 1 N–H and O–H groups in total. The van der Waals surface area contributed by atoms with E-state index in [4.69, 9.17) is 4.42 Å². The molecular formula is C21H26N4O4. The van der Waals surface area contributed by atoms with Crippen molar-refractivity contribution in [1.82, 2.24) is 20.1 Å². The van der Waals surface area contributed by atoms with Crippen LogP contribution >= 0.6 is 0 Å². The van der Waals surface area contributed by atoms with E-state index in [9.17, 15) is 14.4 Å². The molecule has 1 saturated heterocycles. The van der Waals surface area contributed by atoms with Gasteiger partial charge in [-0.1, -0.05) is 25.8 Å². The molecule has 3 amide bonds. The van der Waals surface area contributed by atoms with E-state index < -0.39 is 0 Å². The van der Waals surface area contributed by atoms with Crippen LogP contribution in [0.25, 0.3) is 0 Å². The highest BCUT2D eigenvalue weighted by Gasteiger charge is 2.27. The lowest BCUT2D eigenvalue weighted by Gasteiger charge is -2.34. The van der Waals surface area contributed by atoms with Gasteiger partial charge in [-0.3, -0.25) is 14.4 Å². The van der Waals surface area contributed by atoms with Crippen molar-refractivity contribution in [3.63, 3.8) is 0 Å². The predicted molar refractivity (Wildman–Crippen MR) is 107 cm³/mol. The summed E-state index contributed by atoms with van der Waals surface area (Å²) in [6, 6.07) is 8.18. The molecular weight excluding hydrogens is 372 g/mol. The maximum atomic E-state index is 12.8. The summed E-state index contributed by atoms with van der Waals surface area (Å²) in [5.74, 6) is -0.397. The molecule has 0 aromatic carbocycles. The average Bonchev–Trinajstić information content (AvgIpc) is 3.31. The highest BCUT2D eigenvalue weighted by atomic mass is 16.3. The molecule has 154 valence electrons. The molecule has 3 heterocycles. The van der Waals surface area contributed by atoms with Crippen molar-refractivity contribution in [1.29, 1.82) is 0 Å². The van der Waals surface area contributed by atoms with Gasteiger partial charge in [-0.05, 0) is 30.7 Å². The Hall–Kier alpha value is -3.16. The molecule has 1 aliphatic rings. The number of piperazine rings is 1. The molecule has 1 fully saturated rings. The van der Waals surface area contributed by atoms with Crippen molar-refractivity contribution >= 4 is 17.7 Å². The Morgan fingerprint density at radius 1 is 0.966 bits per heavy atom. The molecule has 2 aromatic rings. The monoisotopic (exact) mass is 398 g/mol. The summed E-state index contributed by atoms with van der Waals surface area (Å²) >= 11 is 0. The fourth-order valence-corrected chi connectivity index (χ4v) is 3.18. The Balaban J connectivity index is 1.55. The van der Waals surface area contributed by atoms with Crippen molar-refractivity contribution in [2.24, 2.45) is 0 Å². The van der Waals surface area contributed by atoms with Crippen LogP contribution in [0, 0.1) is 0 Å². The summed E-state index contributed by atoms with van der Waals surface area (Å²) in [4.78, 5) is 44.9. The number of nitrogens with one attached hydrogen (secondary N) is 1. The standard InChI is InChI=1S/C21H26N4O4/c1-2-3-4-10-22-19(26)16-7-5-8-17(23-16)20(27)24-11-13-25(14-12-24)21(28)18-9-6-15-29-18/h5-9,15H,2-4,10-14H2,1H3,(H,22,26). The molecule has 0 aliphatic carbocycles. The molecule has 0 radical (unpaired) electrons. The summed E-state index contributed by atoms with van der Waals surface area (Å²) in [6.07, 6.45) is 4.52. The van der Waals surface area contributed by atoms with Crippen molar-refractivity contribution in [3.05, 3.63) is 53.7 Å². The van der Waals surface area contributed by atoms with Crippen LogP contribution in [0.5, 0.6) is 0 Å². The molecule has 1 aliphatic heterocycles. The lowest BCUT2D eigenvalue weighted by molar-refractivity contribution is 0.0515. The first kappa shape index (κ1) is 20.6. The number of amides is 3. The second-order valence-corrected chi connectivity index (χ2v) is 6.93. The molecule has 0 bridgehead atoms. The number of aromatic nitrogens is 1. The van der Waals surface area contributed by atoms with E-state index in [1.54, 1.807) is 40.1 Å². The van der Waals surface area contributed by atoms with Crippen LogP contribution in [0.2, 0.25) is 0 Å². The Morgan fingerprint density at radius 3 is 2.31 bits per heavy atom. The first-order valence-electron chi connectivity index (χ1n) is 9.97. The molecule has 8 nitrogen and oxygen atoms in total. The first-order chi connectivity index (χ1) is 14.1. The topological polar surface area (TPSA) is 95.8 Å². The van der Waals surface area contributed by atoms with Crippen LogP contribution in [-0.4, -0.2) is 65.2 Å². The molecule has 0 spiro atoms. The number of hydrogen-bond acceptors (Lipinski definition) is 5. The quantitative estimate of drug-likeness (QED) is 0.722. The second-order valence-electron chi connectivity index (χ2n) is 6.93. The zero-order valence-electron chi connectivity index (χ0n) is 16.6. The second kappa shape index (κ2) is 9.86. The Labute approximate surface area is 169 Å². The van der Waals surface area contributed by atoms with E-state index in [1.165, 1.54) is 6.26 Å². The van der Waals surface area contributed by atoms with Gasteiger partial charge in [0.2, 0.25) is 0 Å². The van der Waals surface area contributed by atoms with Gasteiger partial charge in [0.1, 0.15) is 11.4 Å². The Bertz CT molecular complexity index is 842. The number of carbonyl (C=O) groups excluding carboxylic acids is 3. The fraction of sp³-hybridized carbons (Fsp3) is 0.429. The van der Waals surface area contributed by atoms with Crippen LogP contribution in [-0.2, 0) is 0 Å². The third kappa shape index (κ3) is 5.22. The zero-order valence-corrected chi connectivity index (χ0v) is 16.6. The lowest BCUT2D eigenvalue weighted by Crippen LogP contribution is -2.50. The largest absolute Gasteiger partial charge is 0.459 e. The third-order valence-electron chi connectivity index (χ3n) is 4.85. The highest BCUT2D eigenvalue weighted by molar-refractivity contribution is 5.96. The van der Waals surface area contributed by atoms with E-state index in [0.29, 0.717) is 38.5 Å². The Kier molecular flexibility index (Phi) is 6.99.